The summed E-state index contributed by atoms with van der Waals surface area (Å²) >= 11 is 1.39. The Morgan fingerprint density at radius 1 is 1.29 bits per heavy atom. The molecule has 24 heavy (non-hydrogen) atoms. The van der Waals surface area contributed by atoms with Crippen LogP contribution in [0.5, 0.6) is 0 Å². The Labute approximate surface area is 144 Å². The molecule has 0 radical (unpaired) electrons. The highest BCUT2D eigenvalue weighted by Gasteiger charge is 2.24. The summed E-state index contributed by atoms with van der Waals surface area (Å²) in [7, 11) is 0. The van der Waals surface area contributed by atoms with Gasteiger partial charge < -0.3 is 15.0 Å². The molecule has 1 unspecified atom stereocenters. The van der Waals surface area contributed by atoms with Crippen LogP contribution in [0, 0.1) is 0 Å². The van der Waals surface area contributed by atoms with E-state index in [2.05, 4.69) is 10.3 Å². The Balaban J connectivity index is 1.62. The van der Waals surface area contributed by atoms with E-state index in [9.17, 15) is 9.59 Å². The summed E-state index contributed by atoms with van der Waals surface area (Å²) in [5, 5.41) is 2.78. The largest absolute Gasteiger partial charge is 0.378 e. The maximum absolute atomic E-state index is 12.4. The van der Waals surface area contributed by atoms with Crippen molar-refractivity contribution in [1.82, 2.24) is 15.2 Å². The van der Waals surface area contributed by atoms with Crippen molar-refractivity contribution in [1.29, 1.82) is 0 Å². The Bertz CT molecular complexity index is 711. The number of ether oxygens (including phenoxy) is 1. The number of pyridine rings is 1. The molecule has 6 nitrogen and oxygen atoms in total. The zero-order chi connectivity index (χ0) is 16.9. The average molecular weight is 345 g/mol. The Morgan fingerprint density at radius 3 is 2.79 bits per heavy atom. The number of nitrogens with one attached hydrogen (secondary N) is 1. The van der Waals surface area contributed by atoms with Gasteiger partial charge in [0.05, 0.1) is 18.1 Å². The number of nitrogens with zero attached hydrogens (tertiary/aromatic N) is 2. The summed E-state index contributed by atoms with van der Waals surface area (Å²) in [5.74, 6) is -0.306. The van der Waals surface area contributed by atoms with E-state index in [1.165, 1.54) is 11.3 Å². The lowest BCUT2D eigenvalue weighted by Gasteiger charge is -2.29. The maximum Gasteiger partial charge on any atom is 0.262 e. The predicted octanol–water partition coefficient (Wildman–Crippen LogP) is 1.79. The van der Waals surface area contributed by atoms with Gasteiger partial charge in [-0.2, -0.15) is 0 Å². The lowest BCUT2D eigenvalue weighted by Crippen LogP contribution is -2.50. The number of hydrogen-bond donors (Lipinski definition) is 1. The molecule has 2 aromatic heterocycles. The van der Waals surface area contributed by atoms with Crippen LogP contribution in [-0.2, 0) is 9.53 Å². The fourth-order valence-corrected chi connectivity index (χ4v) is 3.41. The van der Waals surface area contributed by atoms with Crippen molar-refractivity contribution in [3.05, 3.63) is 41.5 Å². The maximum atomic E-state index is 12.4. The first-order valence-electron chi connectivity index (χ1n) is 7.83. The monoisotopic (exact) mass is 345 g/mol. The van der Waals surface area contributed by atoms with E-state index in [-0.39, 0.29) is 11.8 Å². The summed E-state index contributed by atoms with van der Waals surface area (Å²) in [6.07, 6.45) is 3.47. The van der Waals surface area contributed by atoms with Crippen LogP contribution in [-0.4, -0.2) is 54.0 Å². The number of thiophene rings is 1. The van der Waals surface area contributed by atoms with Crippen LogP contribution in [0.4, 0.5) is 0 Å². The number of carbonyl (C=O) groups is 2. The third kappa shape index (κ3) is 3.80. The molecular formula is C17H19N3O3S. The topological polar surface area (TPSA) is 71.5 Å². The zero-order valence-electron chi connectivity index (χ0n) is 13.4. The SMILES string of the molecule is CC(NC(=O)c1ccc(-c2cccnc2)s1)C(=O)N1CCOCC1. The highest BCUT2D eigenvalue weighted by molar-refractivity contribution is 7.17. The fraction of sp³-hybridized carbons (Fsp3) is 0.353. The van der Waals surface area contributed by atoms with E-state index < -0.39 is 6.04 Å². The van der Waals surface area contributed by atoms with Crippen LogP contribution < -0.4 is 5.32 Å². The number of hydrogen-bond acceptors (Lipinski definition) is 5. The summed E-state index contributed by atoms with van der Waals surface area (Å²) in [5.41, 5.74) is 0.971. The zero-order valence-corrected chi connectivity index (χ0v) is 14.2. The Morgan fingerprint density at radius 2 is 2.08 bits per heavy atom. The lowest BCUT2D eigenvalue weighted by molar-refractivity contribution is -0.136. The minimum Gasteiger partial charge on any atom is -0.378 e. The van der Waals surface area contributed by atoms with Crippen LogP contribution in [0.15, 0.2) is 36.7 Å². The first-order valence-corrected chi connectivity index (χ1v) is 8.64. The van der Waals surface area contributed by atoms with Crippen molar-refractivity contribution in [2.45, 2.75) is 13.0 Å². The fourth-order valence-electron chi connectivity index (χ4n) is 2.51. The van der Waals surface area contributed by atoms with Gasteiger partial charge in [-0.15, -0.1) is 11.3 Å². The second-order valence-corrected chi connectivity index (χ2v) is 6.62. The van der Waals surface area contributed by atoms with Crippen LogP contribution in [0.25, 0.3) is 10.4 Å². The first kappa shape index (κ1) is 16.6. The third-order valence-electron chi connectivity index (χ3n) is 3.82. The normalized spacial score (nSPS) is 15.8. The van der Waals surface area contributed by atoms with Crippen LogP contribution in [0.3, 0.4) is 0 Å². The van der Waals surface area contributed by atoms with Crippen molar-refractivity contribution in [2.75, 3.05) is 26.3 Å². The molecule has 1 aliphatic rings. The van der Waals surface area contributed by atoms with Crippen molar-refractivity contribution < 1.29 is 14.3 Å². The highest BCUT2D eigenvalue weighted by atomic mass is 32.1. The molecule has 3 heterocycles. The van der Waals surface area contributed by atoms with Gasteiger partial charge in [0.2, 0.25) is 5.91 Å². The van der Waals surface area contributed by atoms with Gasteiger partial charge >= 0.3 is 0 Å². The lowest BCUT2D eigenvalue weighted by atomic mass is 10.2. The number of aromatic nitrogens is 1. The van der Waals surface area contributed by atoms with Crippen LogP contribution in [0.1, 0.15) is 16.6 Å². The van der Waals surface area contributed by atoms with Crippen molar-refractivity contribution in [3.63, 3.8) is 0 Å². The molecule has 3 rings (SSSR count). The van der Waals surface area contributed by atoms with E-state index in [0.29, 0.717) is 31.2 Å². The molecule has 0 spiro atoms. The Hall–Kier alpha value is -2.25. The van der Waals surface area contributed by atoms with Crippen LogP contribution in [0.2, 0.25) is 0 Å². The van der Waals surface area contributed by atoms with Crippen molar-refractivity contribution in [3.8, 4) is 10.4 Å². The van der Waals surface area contributed by atoms with E-state index in [1.807, 2.05) is 18.2 Å². The molecule has 2 amide bonds. The van der Waals surface area contributed by atoms with Gasteiger partial charge in [-0.05, 0) is 25.1 Å². The molecule has 2 aromatic rings. The molecule has 0 saturated carbocycles. The van der Waals surface area contributed by atoms with E-state index in [1.54, 1.807) is 30.3 Å². The molecule has 1 fully saturated rings. The minimum absolute atomic E-state index is 0.0734. The number of rotatable bonds is 4. The van der Waals surface area contributed by atoms with E-state index in [4.69, 9.17) is 4.74 Å². The van der Waals surface area contributed by atoms with E-state index in [0.717, 1.165) is 10.4 Å². The third-order valence-corrected chi connectivity index (χ3v) is 4.95. The molecular weight excluding hydrogens is 326 g/mol. The van der Waals surface area contributed by atoms with E-state index >= 15 is 0 Å². The van der Waals surface area contributed by atoms with Crippen molar-refractivity contribution >= 4 is 23.2 Å². The molecule has 1 atom stereocenters. The average Bonchev–Trinajstić information content (AvgIpc) is 3.13. The number of morpholine rings is 1. The first-order chi connectivity index (χ1) is 11.6. The smallest absolute Gasteiger partial charge is 0.262 e. The summed E-state index contributed by atoms with van der Waals surface area (Å²) in [6, 6.07) is 6.92. The van der Waals surface area contributed by atoms with Gasteiger partial charge in [-0.25, -0.2) is 0 Å². The summed E-state index contributed by atoms with van der Waals surface area (Å²) in [6.45, 7) is 3.95. The van der Waals surface area contributed by atoms with Gasteiger partial charge in [0.15, 0.2) is 0 Å². The molecule has 0 aliphatic carbocycles. The molecule has 126 valence electrons. The molecule has 1 N–H and O–H groups in total. The van der Waals surface area contributed by atoms with Crippen molar-refractivity contribution in [2.24, 2.45) is 0 Å². The number of carbonyl (C=O) groups excluding carboxylic acids is 2. The summed E-state index contributed by atoms with van der Waals surface area (Å²) < 4.78 is 5.24. The quantitative estimate of drug-likeness (QED) is 0.917. The number of amides is 2. The summed E-state index contributed by atoms with van der Waals surface area (Å²) in [4.78, 5) is 32.1. The minimum atomic E-state index is -0.556. The second kappa shape index (κ2) is 7.55. The van der Waals surface area contributed by atoms with Gasteiger partial charge in [-0.3, -0.25) is 14.6 Å². The van der Waals surface area contributed by atoms with Gasteiger partial charge in [0, 0.05) is 35.9 Å². The molecule has 1 aliphatic heterocycles. The Kier molecular flexibility index (Phi) is 5.22. The molecule has 7 heteroatoms. The van der Waals surface area contributed by atoms with Gasteiger partial charge in [0.25, 0.3) is 5.91 Å². The molecule has 0 aromatic carbocycles. The van der Waals surface area contributed by atoms with Gasteiger partial charge in [0.1, 0.15) is 6.04 Å². The molecule has 1 saturated heterocycles. The standard InChI is InChI=1S/C17H19N3O3S/c1-12(17(22)20-7-9-23-10-8-20)19-16(21)15-5-4-14(24-15)13-3-2-6-18-11-13/h2-6,11-12H,7-10H2,1H3,(H,19,21). The molecule has 0 bridgehead atoms. The van der Waals surface area contributed by atoms with Crippen LogP contribution >= 0.6 is 11.3 Å². The van der Waals surface area contributed by atoms with Gasteiger partial charge in [-0.1, -0.05) is 6.07 Å². The highest BCUT2D eigenvalue weighted by Crippen LogP contribution is 2.27. The second-order valence-electron chi connectivity index (χ2n) is 5.54. The predicted molar refractivity (Wildman–Crippen MR) is 91.9 cm³/mol.